The van der Waals surface area contributed by atoms with Crippen LogP contribution in [0.3, 0.4) is 0 Å². The van der Waals surface area contributed by atoms with Gasteiger partial charge in [0.25, 0.3) is 5.91 Å². The molecule has 0 unspecified atom stereocenters. The molecule has 0 spiro atoms. The van der Waals surface area contributed by atoms with Gasteiger partial charge in [0.2, 0.25) is 5.91 Å². The molecule has 7 heteroatoms. The third-order valence-corrected chi connectivity index (χ3v) is 1.30. The Labute approximate surface area is 92.7 Å². The zero-order chi connectivity index (χ0) is 9.14. The van der Waals surface area contributed by atoms with E-state index in [9.17, 15) is 9.59 Å². The molecule has 1 heterocycles. The van der Waals surface area contributed by atoms with Crippen molar-refractivity contribution in [3.8, 4) is 0 Å². The summed E-state index contributed by atoms with van der Waals surface area (Å²) in [6.45, 7) is 0. The molecule has 0 radical (unpaired) electrons. The Morgan fingerprint density at radius 3 is 1.93 bits per heavy atom. The van der Waals surface area contributed by atoms with E-state index in [0.717, 1.165) is 0 Å². The Balaban J connectivity index is 0. The van der Waals surface area contributed by atoms with Crippen LogP contribution in [0.25, 0.3) is 0 Å². The van der Waals surface area contributed by atoms with Gasteiger partial charge in [0.05, 0.1) is 5.56 Å². The van der Waals surface area contributed by atoms with Crippen LogP contribution in [-0.2, 0) is 0 Å². The normalized spacial score (nSPS) is 8.00. The molecule has 5 nitrogen and oxygen atoms in total. The van der Waals surface area contributed by atoms with Gasteiger partial charge in [0.1, 0.15) is 5.69 Å². The van der Waals surface area contributed by atoms with E-state index in [1.807, 2.05) is 0 Å². The van der Waals surface area contributed by atoms with Gasteiger partial charge in [0.15, 0.2) is 0 Å². The van der Waals surface area contributed by atoms with Crippen LogP contribution in [-0.4, -0.2) is 16.8 Å². The third kappa shape index (κ3) is 3.59. The van der Waals surface area contributed by atoms with Crippen molar-refractivity contribution in [3.05, 3.63) is 29.6 Å². The van der Waals surface area contributed by atoms with E-state index >= 15 is 0 Å². The summed E-state index contributed by atoms with van der Waals surface area (Å²) in [5, 5.41) is 0. The number of carbonyl (C=O) groups is 2. The van der Waals surface area contributed by atoms with E-state index in [0.29, 0.717) is 0 Å². The average molecular weight is 238 g/mol. The summed E-state index contributed by atoms with van der Waals surface area (Å²) < 4.78 is 0. The van der Waals surface area contributed by atoms with Crippen LogP contribution in [0.2, 0.25) is 0 Å². The number of carbonyl (C=O) groups excluding carboxylic acids is 2. The van der Waals surface area contributed by atoms with Crippen molar-refractivity contribution in [1.82, 2.24) is 4.98 Å². The van der Waals surface area contributed by atoms with Crippen molar-refractivity contribution in [3.63, 3.8) is 0 Å². The molecule has 1 aromatic heterocycles. The number of hydrogen-bond acceptors (Lipinski definition) is 3. The summed E-state index contributed by atoms with van der Waals surface area (Å²) >= 11 is 0. The summed E-state index contributed by atoms with van der Waals surface area (Å²) in [5.74, 6) is -1.22. The Bertz CT molecular complexity index is 293. The number of pyridine rings is 1. The van der Waals surface area contributed by atoms with Crippen molar-refractivity contribution >= 4 is 36.6 Å². The van der Waals surface area contributed by atoms with E-state index in [2.05, 4.69) is 4.98 Å². The van der Waals surface area contributed by atoms with Crippen LogP contribution in [0, 0.1) is 0 Å². The van der Waals surface area contributed by atoms with Crippen LogP contribution in [0.5, 0.6) is 0 Å². The van der Waals surface area contributed by atoms with Gasteiger partial charge in [-0.3, -0.25) is 14.6 Å². The number of hydrogen-bond donors (Lipinski definition) is 2. The zero-order valence-electron chi connectivity index (χ0n) is 6.97. The van der Waals surface area contributed by atoms with Gasteiger partial charge in [-0.05, 0) is 12.1 Å². The summed E-state index contributed by atoms with van der Waals surface area (Å²) in [6, 6.07) is 2.75. The minimum atomic E-state index is -0.633. The lowest BCUT2D eigenvalue weighted by Crippen LogP contribution is -2.15. The molecule has 0 aliphatic heterocycles. The zero-order valence-corrected chi connectivity index (χ0v) is 8.60. The molecular formula is C7H9Cl2N3O2. The van der Waals surface area contributed by atoms with E-state index in [-0.39, 0.29) is 36.1 Å². The SMILES string of the molecule is Cl.Cl.NC(=O)c1ccc(C(N)=O)nc1. The molecule has 0 saturated heterocycles. The molecule has 4 N–H and O–H groups in total. The lowest BCUT2D eigenvalue weighted by atomic mass is 10.2. The van der Waals surface area contributed by atoms with Crippen LogP contribution in [0.4, 0.5) is 0 Å². The number of aromatic nitrogens is 1. The molecule has 0 aliphatic rings. The lowest BCUT2D eigenvalue weighted by Gasteiger charge is -1.95. The van der Waals surface area contributed by atoms with E-state index in [1.165, 1.54) is 18.3 Å². The van der Waals surface area contributed by atoms with Crippen molar-refractivity contribution < 1.29 is 9.59 Å². The first-order chi connectivity index (χ1) is 5.61. The van der Waals surface area contributed by atoms with E-state index in [4.69, 9.17) is 11.5 Å². The molecule has 0 saturated carbocycles. The summed E-state index contributed by atoms with van der Waals surface area (Å²) in [6.07, 6.45) is 1.21. The van der Waals surface area contributed by atoms with Crippen molar-refractivity contribution in [2.24, 2.45) is 11.5 Å². The number of nitrogens with zero attached hydrogens (tertiary/aromatic N) is 1. The first kappa shape index (κ1) is 15.2. The van der Waals surface area contributed by atoms with Crippen LogP contribution >= 0.6 is 24.8 Å². The van der Waals surface area contributed by atoms with Gasteiger partial charge in [-0.15, -0.1) is 24.8 Å². The monoisotopic (exact) mass is 237 g/mol. The summed E-state index contributed by atoms with van der Waals surface area (Å²) in [5.41, 5.74) is 10.2. The largest absolute Gasteiger partial charge is 0.366 e. The number of rotatable bonds is 2. The first-order valence-electron chi connectivity index (χ1n) is 3.17. The summed E-state index contributed by atoms with van der Waals surface area (Å²) in [7, 11) is 0. The smallest absolute Gasteiger partial charge is 0.267 e. The number of halogens is 2. The molecule has 14 heavy (non-hydrogen) atoms. The highest BCUT2D eigenvalue weighted by molar-refractivity contribution is 5.94. The number of nitrogens with two attached hydrogens (primary N) is 2. The molecule has 1 aromatic rings. The fraction of sp³-hybridized carbons (Fsp3) is 0. The second-order valence-electron chi connectivity index (χ2n) is 2.16. The average Bonchev–Trinajstić information content (AvgIpc) is 2.04. The second-order valence-corrected chi connectivity index (χ2v) is 2.16. The Hall–Kier alpha value is -1.33. The quantitative estimate of drug-likeness (QED) is 0.765. The van der Waals surface area contributed by atoms with Crippen molar-refractivity contribution in [1.29, 1.82) is 0 Å². The van der Waals surface area contributed by atoms with Crippen molar-refractivity contribution in [2.45, 2.75) is 0 Å². The standard InChI is InChI=1S/C7H7N3O2.2ClH/c8-6(11)4-1-2-5(7(9)12)10-3-4;;/h1-3H,(H2,8,11)(H2,9,12);2*1H. The topological polar surface area (TPSA) is 99.1 Å². The predicted octanol–water partition coefficient (Wildman–Crippen LogP) is 0.123. The Kier molecular flexibility index (Phi) is 6.68. The van der Waals surface area contributed by atoms with Gasteiger partial charge in [-0.2, -0.15) is 0 Å². The Morgan fingerprint density at radius 2 is 1.64 bits per heavy atom. The minimum absolute atomic E-state index is 0. The molecule has 0 aromatic carbocycles. The van der Waals surface area contributed by atoms with Gasteiger partial charge in [-0.25, -0.2) is 0 Å². The van der Waals surface area contributed by atoms with Gasteiger partial charge in [0, 0.05) is 6.20 Å². The highest BCUT2D eigenvalue weighted by atomic mass is 35.5. The van der Waals surface area contributed by atoms with E-state index < -0.39 is 11.8 Å². The van der Waals surface area contributed by atoms with Gasteiger partial charge >= 0.3 is 0 Å². The molecule has 78 valence electrons. The van der Waals surface area contributed by atoms with Crippen LogP contribution in [0.1, 0.15) is 20.8 Å². The molecule has 0 bridgehead atoms. The Morgan fingerprint density at radius 1 is 1.07 bits per heavy atom. The molecule has 0 atom stereocenters. The number of primary amides is 2. The number of amides is 2. The molecule has 0 fully saturated rings. The molecule has 2 amide bonds. The first-order valence-corrected chi connectivity index (χ1v) is 3.17. The third-order valence-electron chi connectivity index (χ3n) is 1.30. The predicted molar refractivity (Wildman–Crippen MR) is 55.8 cm³/mol. The molecule has 1 rings (SSSR count). The molecular weight excluding hydrogens is 229 g/mol. The maximum Gasteiger partial charge on any atom is 0.267 e. The summed E-state index contributed by atoms with van der Waals surface area (Å²) in [4.78, 5) is 24.7. The van der Waals surface area contributed by atoms with Gasteiger partial charge in [-0.1, -0.05) is 0 Å². The maximum atomic E-state index is 10.5. The highest BCUT2D eigenvalue weighted by Gasteiger charge is 2.03. The molecule has 0 aliphatic carbocycles. The minimum Gasteiger partial charge on any atom is -0.366 e. The van der Waals surface area contributed by atoms with Gasteiger partial charge < -0.3 is 11.5 Å². The second kappa shape index (κ2) is 6.17. The fourth-order valence-electron chi connectivity index (χ4n) is 0.685. The lowest BCUT2D eigenvalue weighted by molar-refractivity contribution is 0.0984. The van der Waals surface area contributed by atoms with Crippen molar-refractivity contribution in [2.75, 3.05) is 0 Å². The van der Waals surface area contributed by atoms with Crippen LogP contribution in [0.15, 0.2) is 18.3 Å². The van der Waals surface area contributed by atoms with E-state index in [1.54, 1.807) is 0 Å². The maximum absolute atomic E-state index is 10.5. The highest BCUT2D eigenvalue weighted by Crippen LogP contribution is 1.97. The fourth-order valence-corrected chi connectivity index (χ4v) is 0.685. The van der Waals surface area contributed by atoms with Crippen LogP contribution < -0.4 is 11.5 Å².